The number of hydrogen-bond donors (Lipinski definition) is 1. The first-order valence-corrected chi connectivity index (χ1v) is 7.76. The van der Waals surface area contributed by atoms with Gasteiger partial charge in [-0.25, -0.2) is 8.42 Å². The van der Waals surface area contributed by atoms with Gasteiger partial charge in [-0.3, -0.25) is 10.1 Å². The molecule has 10 heteroatoms. The summed E-state index contributed by atoms with van der Waals surface area (Å²) in [5, 5.41) is 13.4. The molecule has 118 valence electrons. The topological polar surface area (TPSA) is 89.3 Å². The van der Waals surface area contributed by atoms with Crippen LogP contribution in [-0.2, 0) is 16.0 Å². The van der Waals surface area contributed by atoms with Crippen LogP contribution in [0.1, 0.15) is 12.5 Å². The summed E-state index contributed by atoms with van der Waals surface area (Å²) < 4.78 is 59.8. The number of rotatable bonds is 5. The lowest BCUT2D eigenvalue weighted by atomic mass is 10.1. The molecular formula is C11H13F3N2O4S. The Morgan fingerprint density at radius 3 is 2.38 bits per heavy atom. The van der Waals surface area contributed by atoms with E-state index in [-0.39, 0.29) is 11.4 Å². The number of nitrogens with one attached hydrogen (secondary N) is 1. The van der Waals surface area contributed by atoms with Crippen LogP contribution in [0.3, 0.4) is 0 Å². The van der Waals surface area contributed by atoms with E-state index in [0.29, 0.717) is 12.1 Å². The normalized spacial score (nSPS) is 13.8. The van der Waals surface area contributed by atoms with Crippen LogP contribution < -0.4 is 5.32 Å². The van der Waals surface area contributed by atoms with E-state index in [0.717, 1.165) is 12.3 Å². The Bertz CT molecular complexity index is 643. The second-order valence-electron chi connectivity index (χ2n) is 4.62. The van der Waals surface area contributed by atoms with Crippen molar-refractivity contribution in [3.05, 3.63) is 33.9 Å². The number of benzene rings is 1. The van der Waals surface area contributed by atoms with E-state index >= 15 is 0 Å². The van der Waals surface area contributed by atoms with Crippen LogP contribution in [-0.4, -0.2) is 31.4 Å². The lowest BCUT2D eigenvalue weighted by Crippen LogP contribution is -2.25. The molecule has 0 heterocycles. The molecule has 1 aromatic rings. The van der Waals surface area contributed by atoms with Crippen molar-refractivity contribution in [3.63, 3.8) is 0 Å². The summed E-state index contributed by atoms with van der Waals surface area (Å²) in [5.74, 6) is -0.300. The third kappa shape index (κ3) is 5.21. The van der Waals surface area contributed by atoms with Crippen LogP contribution in [0.4, 0.5) is 24.5 Å². The number of nitro groups is 1. The number of hydrogen-bond acceptors (Lipinski definition) is 5. The minimum absolute atomic E-state index is 0.163. The van der Waals surface area contributed by atoms with Gasteiger partial charge in [0.05, 0.1) is 16.2 Å². The first kappa shape index (κ1) is 17.2. The van der Waals surface area contributed by atoms with Crippen molar-refractivity contribution >= 4 is 21.2 Å². The smallest absolute Gasteiger partial charge is 0.376 e. The standard InChI is InChI=1S/C11H13F3N2O4S/c1-7(6-21(2,19)20)15-9-4-3-8(11(12,13)14)5-10(9)16(17)18/h3-5,7,15H,6H2,1-2H3. The van der Waals surface area contributed by atoms with Crippen molar-refractivity contribution in [2.24, 2.45) is 0 Å². The molecule has 0 aliphatic rings. The highest BCUT2D eigenvalue weighted by molar-refractivity contribution is 7.90. The van der Waals surface area contributed by atoms with E-state index < -0.39 is 38.2 Å². The number of alkyl halides is 3. The van der Waals surface area contributed by atoms with Gasteiger partial charge < -0.3 is 5.32 Å². The monoisotopic (exact) mass is 326 g/mol. The Morgan fingerprint density at radius 2 is 1.95 bits per heavy atom. The van der Waals surface area contributed by atoms with Crippen molar-refractivity contribution < 1.29 is 26.5 Å². The highest BCUT2D eigenvalue weighted by Gasteiger charge is 2.33. The largest absolute Gasteiger partial charge is 0.416 e. The molecule has 0 amide bonds. The predicted molar refractivity (Wildman–Crippen MR) is 70.9 cm³/mol. The van der Waals surface area contributed by atoms with Crippen LogP contribution in [0.15, 0.2) is 18.2 Å². The Kier molecular flexibility index (Phi) is 4.82. The second-order valence-corrected chi connectivity index (χ2v) is 6.81. The van der Waals surface area contributed by atoms with Crippen molar-refractivity contribution in [1.82, 2.24) is 0 Å². The quantitative estimate of drug-likeness (QED) is 0.663. The van der Waals surface area contributed by atoms with E-state index in [1.165, 1.54) is 6.92 Å². The summed E-state index contributed by atoms with van der Waals surface area (Å²) in [7, 11) is -3.32. The highest BCUT2D eigenvalue weighted by Crippen LogP contribution is 2.35. The molecule has 6 nitrogen and oxygen atoms in total. The van der Waals surface area contributed by atoms with Gasteiger partial charge in [-0.05, 0) is 19.1 Å². The van der Waals surface area contributed by atoms with Gasteiger partial charge >= 0.3 is 6.18 Å². The van der Waals surface area contributed by atoms with E-state index in [1.807, 2.05) is 0 Å². The van der Waals surface area contributed by atoms with Crippen LogP contribution in [0, 0.1) is 10.1 Å². The zero-order chi connectivity index (χ0) is 16.4. The number of nitrogens with zero attached hydrogens (tertiary/aromatic N) is 1. The Morgan fingerprint density at radius 1 is 1.38 bits per heavy atom. The molecule has 0 saturated carbocycles. The van der Waals surface area contributed by atoms with Gasteiger partial charge in [-0.2, -0.15) is 13.2 Å². The van der Waals surface area contributed by atoms with E-state index in [2.05, 4.69) is 5.32 Å². The summed E-state index contributed by atoms with van der Waals surface area (Å²) in [6, 6.07) is 1.34. The van der Waals surface area contributed by atoms with Gasteiger partial charge in [0.15, 0.2) is 0 Å². The summed E-state index contributed by atoms with van der Waals surface area (Å²) >= 11 is 0. The molecule has 0 radical (unpaired) electrons. The lowest BCUT2D eigenvalue weighted by Gasteiger charge is -2.15. The molecule has 0 spiro atoms. The second kappa shape index (κ2) is 5.88. The number of halogens is 3. The fourth-order valence-electron chi connectivity index (χ4n) is 1.74. The van der Waals surface area contributed by atoms with Crippen molar-refractivity contribution in [1.29, 1.82) is 0 Å². The Labute approximate surface area is 119 Å². The highest BCUT2D eigenvalue weighted by atomic mass is 32.2. The van der Waals surface area contributed by atoms with Gasteiger partial charge in [0.25, 0.3) is 5.69 Å². The molecular weight excluding hydrogens is 313 g/mol. The fourth-order valence-corrected chi connectivity index (χ4v) is 2.73. The van der Waals surface area contributed by atoms with Crippen molar-refractivity contribution in [2.45, 2.75) is 19.1 Å². The van der Waals surface area contributed by atoms with Gasteiger partial charge in [-0.15, -0.1) is 0 Å². The lowest BCUT2D eigenvalue weighted by molar-refractivity contribution is -0.384. The molecule has 0 aliphatic carbocycles. The SMILES string of the molecule is CC(CS(C)(=O)=O)Nc1ccc(C(F)(F)F)cc1[N+](=O)[O-]. The molecule has 1 aromatic carbocycles. The third-order valence-electron chi connectivity index (χ3n) is 2.48. The first-order chi connectivity index (χ1) is 9.40. The predicted octanol–water partition coefficient (Wildman–Crippen LogP) is 2.46. The van der Waals surface area contributed by atoms with E-state index in [9.17, 15) is 31.7 Å². The third-order valence-corrected chi connectivity index (χ3v) is 3.58. The minimum atomic E-state index is -4.69. The van der Waals surface area contributed by atoms with Gasteiger partial charge in [-0.1, -0.05) is 0 Å². The first-order valence-electron chi connectivity index (χ1n) is 5.70. The molecule has 1 atom stereocenters. The molecule has 0 saturated heterocycles. The van der Waals surface area contributed by atoms with Crippen LogP contribution >= 0.6 is 0 Å². The molecule has 0 bridgehead atoms. The zero-order valence-corrected chi connectivity index (χ0v) is 12.0. The van der Waals surface area contributed by atoms with Crippen molar-refractivity contribution in [2.75, 3.05) is 17.3 Å². The Hall–Kier alpha value is -1.84. The summed E-state index contributed by atoms with van der Waals surface area (Å²) in [6.07, 6.45) is -3.70. The van der Waals surface area contributed by atoms with Crippen LogP contribution in [0.5, 0.6) is 0 Å². The van der Waals surface area contributed by atoms with Gasteiger partial charge in [0.1, 0.15) is 15.5 Å². The molecule has 21 heavy (non-hydrogen) atoms. The maximum absolute atomic E-state index is 12.5. The molecule has 0 fully saturated rings. The Balaban J connectivity index is 3.11. The number of sulfone groups is 1. The van der Waals surface area contributed by atoms with E-state index in [4.69, 9.17) is 0 Å². The summed E-state index contributed by atoms with van der Waals surface area (Å²) in [4.78, 5) is 9.89. The summed E-state index contributed by atoms with van der Waals surface area (Å²) in [6.45, 7) is 1.46. The minimum Gasteiger partial charge on any atom is -0.376 e. The van der Waals surface area contributed by atoms with Gasteiger partial charge in [0.2, 0.25) is 0 Å². The number of anilines is 1. The molecule has 1 rings (SSSR count). The summed E-state index contributed by atoms with van der Waals surface area (Å²) in [5.41, 5.74) is -2.06. The van der Waals surface area contributed by atoms with Crippen LogP contribution in [0.2, 0.25) is 0 Å². The van der Waals surface area contributed by atoms with Crippen molar-refractivity contribution in [3.8, 4) is 0 Å². The van der Waals surface area contributed by atoms with Crippen LogP contribution in [0.25, 0.3) is 0 Å². The molecule has 1 N–H and O–H groups in total. The molecule has 0 aromatic heterocycles. The zero-order valence-electron chi connectivity index (χ0n) is 11.1. The average molecular weight is 326 g/mol. The van der Waals surface area contributed by atoms with Gasteiger partial charge in [0, 0.05) is 18.4 Å². The average Bonchev–Trinajstić information content (AvgIpc) is 2.24. The maximum Gasteiger partial charge on any atom is 0.416 e. The molecule has 0 aliphatic heterocycles. The van der Waals surface area contributed by atoms with E-state index in [1.54, 1.807) is 0 Å². The molecule has 1 unspecified atom stereocenters. The maximum atomic E-state index is 12.5. The number of nitro benzene ring substituents is 1. The fraction of sp³-hybridized carbons (Fsp3) is 0.455.